The molecule has 0 N–H and O–H groups in total. The summed E-state index contributed by atoms with van der Waals surface area (Å²) in [6.07, 6.45) is 9.18. The minimum absolute atomic E-state index is 0.0564. The zero-order valence-electron chi connectivity index (χ0n) is 18.3. The Morgan fingerprint density at radius 1 is 0.667 bits per heavy atom. The van der Waals surface area contributed by atoms with E-state index in [0.717, 1.165) is 0 Å². The van der Waals surface area contributed by atoms with E-state index in [1.165, 1.54) is 44.9 Å². The Kier molecular flexibility index (Phi) is 10.8. The van der Waals surface area contributed by atoms with Gasteiger partial charge in [-0.1, -0.05) is 87.0 Å². The van der Waals surface area contributed by atoms with Gasteiger partial charge in [0.05, 0.1) is 0 Å². The van der Waals surface area contributed by atoms with E-state index >= 15 is 0 Å². The van der Waals surface area contributed by atoms with Crippen LogP contribution in [0.3, 0.4) is 0 Å². The Bertz CT molecular complexity index is 303. The summed E-state index contributed by atoms with van der Waals surface area (Å²) in [4.78, 5) is 0. The molecule has 0 aromatic rings. The second kappa shape index (κ2) is 10.8. The topological polar surface area (TPSA) is 18.5 Å². The van der Waals surface area contributed by atoms with Gasteiger partial charge >= 0.3 is 0 Å². The first kappa shape index (κ1) is 23.9. The van der Waals surface area contributed by atoms with Crippen molar-refractivity contribution < 1.29 is 9.47 Å². The van der Waals surface area contributed by atoms with Crippen LogP contribution in [0.15, 0.2) is 0 Å². The van der Waals surface area contributed by atoms with Gasteiger partial charge in [0.1, 0.15) is 0 Å². The lowest BCUT2D eigenvalue weighted by atomic mass is 9.65. The van der Waals surface area contributed by atoms with Crippen molar-refractivity contribution in [1.29, 1.82) is 0 Å². The molecule has 2 heteroatoms. The summed E-state index contributed by atoms with van der Waals surface area (Å²) in [6, 6.07) is 0. The molecule has 1 atom stereocenters. The molecule has 0 rings (SSSR count). The number of rotatable bonds is 12. The smallest absolute Gasteiger partial charge is 0.176 e. The minimum Gasteiger partial charge on any atom is -0.349 e. The lowest BCUT2D eigenvalue weighted by molar-refractivity contribution is -0.329. The van der Waals surface area contributed by atoms with E-state index in [0.29, 0.717) is 19.1 Å². The van der Waals surface area contributed by atoms with Crippen molar-refractivity contribution in [3.05, 3.63) is 0 Å². The highest BCUT2D eigenvalue weighted by Crippen LogP contribution is 2.50. The van der Waals surface area contributed by atoms with E-state index in [1.807, 2.05) is 0 Å². The molecule has 0 heterocycles. The predicted octanol–water partition coefficient (Wildman–Crippen LogP) is 7.21. The van der Waals surface area contributed by atoms with Crippen LogP contribution in [0.1, 0.15) is 107 Å². The summed E-state index contributed by atoms with van der Waals surface area (Å²) >= 11 is 0. The minimum atomic E-state index is -0.516. The maximum absolute atomic E-state index is 6.40. The van der Waals surface area contributed by atoms with Gasteiger partial charge < -0.3 is 9.47 Å². The van der Waals surface area contributed by atoms with E-state index in [1.54, 1.807) is 0 Å². The predicted molar refractivity (Wildman–Crippen MR) is 106 cm³/mol. The van der Waals surface area contributed by atoms with E-state index in [2.05, 4.69) is 62.3 Å². The Morgan fingerprint density at radius 2 is 1.12 bits per heavy atom. The van der Waals surface area contributed by atoms with Gasteiger partial charge in [-0.15, -0.1) is 0 Å². The van der Waals surface area contributed by atoms with Crippen molar-refractivity contribution in [3.8, 4) is 0 Å². The van der Waals surface area contributed by atoms with Gasteiger partial charge in [0.15, 0.2) is 5.79 Å². The third kappa shape index (κ3) is 7.04. The molecule has 0 aliphatic rings. The summed E-state index contributed by atoms with van der Waals surface area (Å²) in [5.41, 5.74) is 0.0974. The molecule has 0 aromatic heterocycles. The van der Waals surface area contributed by atoms with Crippen LogP contribution in [-0.2, 0) is 9.47 Å². The lowest BCUT2D eigenvalue weighted by Crippen LogP contribution is -2.57. The summed E-state index contributed by atoms with van der Waals surface area (Å²) in [5, 5.41) is 0. The van der Waals surface area contributed by atoms with Crippen molar-refractivity contribution in [2.75, 3.05) is 13.2 Å². The molecule has 0 saturated heterocycles. The molecule has 146 valence electrons. The van der Waals surface area contributed by atoms with Gasteiger partial charge in [-0.2, -0.15) is 0 Å². The summed E-state index contributed by atoms with van der Waals surface area (Å²) in [7, 11) is 0. The molecule has 0 aliphatic carbocycles. The average molecular weight is 343 g/mol. The van der Waals surface area contributed by atoms with Gasteiger partial charge in [-0.3, -0.25) is 0 Å². The van der Waals surface area contributed by atoms with Crippen LogP contribution in [0.25, 0.3) is 0 Å². The third-order valence-electron chi connectivity index (χ3n) is 5.11. The summed E-state index contributed by atoms with van der Waals surface area (Å²) < 4.78 is 12.8. The zero-order chi connectivity index (χ0) is 18.9. The quantitative estimate of drug-likeness (QED) is 0.275. The molecule has 0 radical (unpaired) electrons. The maximum atomic E-state index is 6.40. The van der Waals surface area contributed by atoms with Gasteiger partial charge in [0, 0.05) is 24.5 Å². The molecule has 0 saturated carbocycles. The van der Waals surface area contributed by atoms with Crippen LogP contribution in [0.4, 0.5) is 0 Å². The molecule has 0 aliphatic heterocycles. The first-order valence-electron chi connectivity index (χ1n) is 10.3. The monoisotopic (exact) mass is 342 g/mol. The first-order valence-corrected chi connectivity index (χ1v) is 10.3. The van der Waals surface area contributed by atoms with Crippen molar-refractivity contribution in [3.63, 3.8) is 0 Å². The van der Waals surface area contributed by atoms with Crippen molar-refractivity contribution >= 4 is 0 Å². The van der Waals surface area contributed by atoms with E-state index in [4.69, 9.17) is 9.47 Å². The molecule has 24 heavy (non-hydrogen) atoms. The summed E-state index contributed by atoms with van der Waals surface area (Å²) in [5.74, 6) is -0.130. The van der Waals surface area contributed by atoms with Gasteiger partial charge in [0.2, 0.25) is 0 Å². The van der Waals surface area contributed by atoms with Crippen LogP contribution in [0.5, 0.6) is 0 Å². The molecule has 1 unspecified atom stereocenters. The van der Waals surface area contributed by atoms with E-state index in [-0.39, 0.29) is 10.8 Å². The standard InChI is InChI=1S/C22H46O2/c1-10-13-14-15-16-17-18-19(20(4,5)6)22(23-11-2,24-12-3)21(7,8)9/h19H,10-18H2,1-9H3. The molecule has 0 bridgehead atoms. The van der Waals surface area contributed by atoms with Crippen molar-refractivity contribution in [2.45, 2.75) is 113 Å². The number of hydrogen-bond donors (Lipinski definition) is 0. The highest BCUT2D eigenvalue weighted by Gasteiger charge is 2.53. The summed E-state index contributed by atoms with van der Waals surface area (Å²) in [6.45, 7) is 21.6. The van der Waals surface area contributed by atoms with Crippen LogP contribution < -0.4 is 0 Å². The third-order valence-corrected chi connectivity index (χ3v) is 5.11. The molecule has 0 aromatic carbocycles. The van der Waals surface area contributed by atoms with E-state index < -0.39 is 5.79 Å². The second-order valence-corrected chi connectivity index (χ2v) is 9.26. The van der Waals surface area contributed by atoms with Crippen LogP contribution in [-0.4, -0.2) is 19.0 Å². The van der Waals surface area contributed by atoms with Crippen LogP contribution >= 0.6 is 0 Å². The van der Waals surface area contributed by atoms with Gasteiger partial charge in [-0.25, -0.2) is 0 Å². The molecular weight excluding hydrogens is 296 g/mol. The van der Waals surface area contributed by atoms with Crippen molar-refractivity contribution in [2.24, 2.45) is 16.7 Å². The van der Waals surface area contributed by atoms with Gasteiger partial charge in [-0.05, 0) is 25.7 Å². The highest BCUT2D eigenvalue weighted by atomic mass is 16.7. The fraction of sp³-hybridized carbons (Fsp3) is 1.00. The molecular formula is C22H46O2. The Morgan fingerprint density at radius 3 is 1.50 bits per heavy atom. The number of hydrogen-bond acceptors (Lipinski definition) is 2. The Labute approximate surface area is 153 Å². The molecule has 2 nitrogen and oxygen atoms in total. The number of unbranched alkanes of at least 4 members (excludes halogenated alkanes) is 5. The van der Waals surface area contributed by atoms with Crippen LogP contribution in [0, 0.1) is 16.7 Å². The molecule has 0 amide bonds. The largest absolute Gasteiger partial charge is 0.349 e. The first-order chi connectivity index (χ1) is 11.1. The second-order valence-electron chi connectivity index (χ2n) is 9.26. The number of ether oxygens (including phenoxy) is 2. The molecule has 0 fully saturated rings. The fourth-order valence-corrected chi connectivity index (χ4v) is 3.95. The van der Waals surface area contributed by atoms with Crippen LogP contribution in [0.2, 0.25) is 0 Å². The van der Waals surface area contributed by atoms with Crippen molar-refractivity contribution in [1.82, 2.24) is 0 Å². The zero-order valence-corrected chi connectivity index (χ0v) is 18.3. The Hall–Kier alpha value is -0.0800. The average Bonchev–Trinajstić information content (AvgIpc) is 2.43. The van der Waals surface area contributed by atoms with Gasteiger partial charge in [0.25, 0.3) is 0 Å². The lowest BCUT2D eigenvalue weighted by Gasteiger charge is -2.53. The maximum Gasteiger partial charge on any atom is 0.176 e. The Balaban J connectivity index is 5.25. The SMILES string of the molecule is CCCCCCCCC(C(C)(C)C)C(OCC)(OCC)C(C)(C)C. The highest BCUT2D eigenvalue weighted by molar-refractivity contribution is 4.95. The fourth-order valence-electron chi connectivity index (χ4n) is 3.95. The normalized spacial score (nSPS) is 14.9. The van der Waals surface area contributed by atoms with E-state index in [9.17, 15) is 0 Å². The molecule has 0 spiro atoms.